The SMILES string of the molecule is Cc1ccc(C(=O)C(Cc2cc(OC(C)C)c(OC(C)C)c(OC(C)C)c2)=C(C(=O)O)c2ccc3nsnc3c2)cc1. The van der Waals surface area contributed by atoms with Crippen LogP contribution in [0.2, 0.25) is 0 Å². The number of nitrogens with zero attached hydrogens (tertiary/aromatic N) is 2. The second-order valence-corrected chi connectivity index (χ2v) is 11.4. The molecule has 42 heavy (non-hydrogen) atoms. The third-order valence-corrected chi connectivity index (χ3v) is 6.74. The lowest BCUT2D eigenvalue weighted by atomic mass is 9.89. The predicted octanol–water partition coefficient (Wildman–Crippen LogP) is 7.33. The maximum absolute atomic E-state index is 14.1. The number of Topliss-reactive ketones (excluding diaryl/α,β-unsaturated/α-hetero) is 1. The maximum atomic E-state index is 14.1. The van der Waals surface area contributed by atoms with E-state index in [0.29, 0.717) is 45.0 Å². The topological polar surface area (TPSA) is 108 Å². The molecule has 0 aliphatic rings. The van der Waals surface area contributed by atoms with Gasteiger partial charge < -0.3 is 19.3 Å². The fraction of sp³-hybridized carbons (Fsp3) is 0.333. The molecule has 0 amide bonds. The fourth-order valence-electron chi connectivity index (χ4n) is 4.50. The molecule has 1 N–H and O–H groups in total. The number of ketones is 1. The minimum atomic E-state index is -1.22. The summed E-state index contributed by atoms with van der Waals surface area (Å²) in [7, 11) is 0. The summed E-state index contributed by atoms with van der Waals surface area (Å²) in [5, 5.41) is 10.5. The van der Waals surface area contributed by atoms with Gasteiger partial charge in [-0.15, -0.1) is 0 Å². The first-order valence-electron chi connectivity index (χ1n) is 13.9. The first-order chi connectivity index (χ1) is 19.9. The molecule has 0 aliphatic carbocycles. The Labute approximate surface area is 250 Å². The zero-order valence-corrected chi connectivity index (χ0v) is 25.7. The normalized spacial score (nSPS) is 12.1. The smallest absolute Gasteiger partial charge is 0.336 e. The van der Waals surface area contributed by atoms with Gasteiger partial charge in [0.05, 0.1) is 35.6 Å². The van der Waals surface area contributed by atoms with E-state index in [9.17, 15) is 14.7 Å². The van der Waals surface area contributed by atoms with Crippen LogP contribution < -0.4 is 14.2 Å². The van der Waals surface area contributed by atoms with Crippen LogP contribution in [0.3, 0.4) is 0 Å². The van der Waals surface area contributed by atoms with E-state index in [0.717, 1.165) is 17.3 Å². The highest BCUT2D eigenvalue weighted by atomic mass is 32.1. The number of carbonyl (C=O) groups excluding carboxylic acids is 1. The highest BCUT2D eigenvalue weighted by molar-refractivity contribution is 7.00. The Bertz CT molecular complexity index is 1590. The van der Waals surface area contributed by atoms with Crippen molar-refractivity contribution in [2.75, 3.05) is 0 Å². The molecular weight excluding hydrogens is 552 g/mol. The first kappa shape index (κ1) is 30.7. The van der Waals surface area contributed by atoms with Gasteiger partial charge in [0, 0.05) is 17.6 Å². The molecule has 4 rings (SSSR count). The van der Waals surface area contributed by atoms with Crippen LogP contribution in [0.4, 0.5) is 0 Å². The van der Waals surface area contributed by atoms with Gasteiger partial charge in [0.1, 0.15) is 11.0 Å². The summed E-state index contributed by atoms with van der Waals surface area (Å²) < 4.78 is 26.9. The highest BCUT2D eigenvalue weighted by Crippen LogP contribution is 2.42. The van der Waals surface area contributed by atoms with Crippen molar-refractivity contribution in [3.05, 3.63) is 82.4 Å². The van der Waals surface area contributed by atoms with Crippen molar-refractivity contribution >= 4 is 40.1 Å². The lowest BCUT2D eigenvalue weighted by Crippen LogP contribution is -2.16. The zero-order chi connectivity index (χ0) is 30.6. The molecule has 0 saturated heterocycles. The quantitative estimate of drug-likeness (QED) is 0.135. The van der Waals surface area contributed by atoms with Crippen LogP contribution >= 0.6 is 11.7 Å². The van der Waals surface area contributed by atoms with Gasteiger partial charge in [0.2, 0.25) is 5.75 Å². The molecule has 0 saturated carbocycles. The Hall–Kier alpha value is -4.24. The molecule has 9 heteroatoms. The number of carbonyl (C=O) groups is 2. The van der Waals surface area contributed by atoms with E-state index in [-0.39, 0.29) is 41.7 Å². The number of fused-ring (bicyclic) bond motifs is 1. The maximum Gasteiger partial charge on any atom is 0.336 e. The molecule has 0 unspecified atom stereocenters. The number of aliphatic carboxylic acids is 1. The standard InChI is InChI=1S/C33H36N2O6S/c1-18(2)39-28-15-22(16-29(40-19(3)4)32(28)41-20(5)6)14-25(31(36)23-10-8-21(7)9-11-23)30(33(37)38)24-12-13-26-27(17-24)35-42-34-26/h8-13,15-20H,14H2,1-7H3,(H,37,38). The first-order valence-corrected chi connectivity index (χ1v) is 14.6. The molecule has 0 spiro atoms. The van der Waals surface area contributed by atoms with Crippen LogP contribution in [0.1, 0.15) is 68.6 Å². The molecule has 220 valence electrons. The van der Waals surface area contributed by atoms with Gasteiger partial charge in [-0.05, 0) is 83.9 Å². The molecule has 0 bridgehead atoms. The third kappa shape index (κ3) is 7.33. The van der Waals surface area contributed by atoms with E-state index in [1.54, 1.807) is 42.5 Å². The van der Waals surface area contributed by atoms with Gasteiger partial charge in [0.25, 0.3) is 0 Å². The Kier molecular flexibility index (Phi) is 9.63. The van der Waals surface area contributed by atoms with Crippen molar-refractivity contribution in [1.29, 1.82) is 0 Å². The summed E-state index contributed by atoms with van der Waals surface area (Å²) in [6.45, 7) is 13.4. The Morgan fingerprint density at radius 3 is 1.86 bits per heavy atom. The lowest BCUT2D eigenvalue weighted by Gasteiger charge is -2.23. The number of hydrogen-bond acceptors (Lipinski definition) is 8. The molecule has 0 fully saturated rings. The van der Waals surface area contributed by atoms with Crippen LogP contribution in [0, 0.1) is 6.92 Å². The van der Waals surface area contributed by atoms with Crippen LogP contribution in [-0.2, 0) is 11.2 Å². The average Bonchev–Trinajstić information content (AvgIpc) is 3.37. The molecule has 0 atom stereocenters. The molecule has 1 heterocycles. The Morgan fingerprint density at radius 2 is 1.31 bits per heavy atom. The number of aryl methyl sites for hydroxylation is 1. The highest BCUT2D eigenvalue weighted by Gasteiger charge is 2.26. The van der Waals surface area contributed by atoms with Crippen LogP contribution in [0.25, 0.3) is 16.6 Å². The average molecular weight is 589 g/mol. The van der Waals surface area contributed by atoms with Gasteiger partial charge in [-0.1, -0.05) is 35.9 Å². The van der Waals surface area contributed by atoms with E-state index < -0.39 is 5.97 Å². The summed E-state index contributed by atoms with van der Waals surface area (Å²) in [5.74, 6) is -0.220. The summed E-state index contributed by atoms with van der Waals surface area (Å²) in [4.78, 5) is 27.0. The van der Waals surface area contributed by atoms with Crippen molar-refractivity contribution in [3.8, 4) is 17.2 Å². The Morgan fingerprint density at radius 1 is 0.762 bits per heavy atom. The lowest BCUT2D eigenvalue weighted by molar-refractivity contribution is -0.130. The molecular formula is C33H36N2O6S. The molecule has 0 radical (unpaired) electrons. The number of rotatable bonds is 12. The predicted molar refractivity (Wildman–Crippen MR) is 165 cm³/mol. The van der Waals surface area contributed by atoms with Crippen molar-refractivity contribution in [2.45, 2.75) is 73.2 Å². The largest absolute Gasteiger partial charge is 0.487 e. The second kappa shape index (κ2) is 13.2. The van der Waals surface area contributed by atoms with Gasteiger partial charge in [-0.25, -0.2) is 4.79 Å². The van der Waals surface area contributed by atoms with Gasteiger partial charge in [-0.3, -0.25) is 4.79 Å². The number of allylic oxidation sites excluding steroid dienone is 1. The molecule has 0 aliphatic heterocycles. The summed E-state index contributed by atoms with van der Waals surface area (Å²) in [6.07, 6.45) is -0.475. The number of benzene rings is 3. The number of aromatic nitrogens is 2. The number of hydrogen-bond donors (Lipinski definition) is 1. The van der Waals surface area contributed by atoms with Crippen molar-refractivity contribution in [3.63, 3.8) is 0 Å². The fourth-order valence-corrected chi connectivity index (χ4v) is 5.02. The molecule has 1 aromatic heterocycles. The number of carboxylic acids is 1. The number of carboxylic acid groups (broad SMARTS) is 1. The van der Waals surface area contributed by atoms with Crippen LogP contribution in [0.15, 0.2) is 60.2 Å². The van der Waals surface area contributed by atoms with Crippen LogP contribution in [-0.4, -0.2) is 43.9 Å². The van der Waals surface area contributed by atoms with Gasteiger partial charge in [0.15, 0.2) is 17.3 Å². The van der Waals surface area contributed by atoms with E-state index >= 15 is 0 Å². The van der Waals surface area contributed by atoms with E-state index in [1.807, 2.05) is 60.6 Å². The van der Waals surface area contributed by atoms with Crippen molar-refractivity contribution in [1.82, 2.24) is 8.75 Å². The van der Waals surface area contributed by atoms with Crippen molar-refractivity contribution in [2.24, 2.45) is 0 Å². The molecule has 8 nitrogen and oxygen atoms in total. The van der Waals surface area contributed by atoms with E-state index in [4.69, 9.17) is 14.2 Å². The minimum absolute atomic E-state index is 0.00651. The molecule has 4 aromatic rings. The van der Waals surface area contributed by atoms with E-state index in [2.05, 4.69) is 8.75 Å². The summed E-state index contributed by atoms with van der Waals surface area (Å²) in [5.41, 5.74) is 3.64. The summed E-state index contributed by atoms with van der Waals surface area (Å²) >= 11 is 1.05. The monoisotopic (exact) mass is 588 g/mol. The number of ether oxygens (including phenoxy) is 3. The Balaban J connectivity index is 1.95. The van der Waals surface area contributed by atoms with Crippen molar-refractivity contribution < 1.29 is 28.9 Å². The van der Waals surface area contributed by atoms with Gasteiger partial charge in [-0.2, -0.15) is 8.75 Å². The zero-order valence-electron chi connectivity index (χ0n) is 24.9. The van der Waals surface area contributed by atoms with Gasteiger partial charge >= 0.3 is 5.97 Å². The second-order valence-electron chi connectivity index (χ2n) is 10.9. The molecule has 3 aromatic carbocycles. The summed E-state index contributed by atoms with van der Waals surface area (Å²) in [6, 6.07) is 15.7. The minimum Gasteiger partial charge on any atom is -0.487 e. The van der Waals surface area contributed by atoms with Crippen LogP contribution in [0.5, 0.6) is 17.2 Å². The third-order valence-electron chi connectivity index (χ3n) is 6.19. The van der Waals surface area contributed by atoms with E-state index in [1.165, 1.54) is 0 Å².